The number of carboxylic acid groups (broad SMARTS) is 1. The maximum absolute atomic E-state index is 10.6. The quantitative estimate of drug-likeness (QED) is 0.845. The molecule has 0 spiro atoms. The minimum Gasteiger partial charge on any atom is -0.476 e. The number of aromatic nitrogens is 3. The van der Waals surface area contributed by atoms with E-state index >= 15 is 0 Å². The fraction of sp³-hybridized carbons (Fsp3) is 0.300. The van der Waals surface area contributed by atoms with Gasteiger partial charge < -0.3 is 9.52 Å². The average molecular weight is 221 g/mol. The molecular weight excluding hydrogens is 210 g/mol. The molecule has 0 saturated heterocycles. The molecule has 0 atom stereocenters. The van der Waals surface area contributed by atoms with Gasteiger partial charge in [-0.05, 0) is 12.5 Å². The highest BCUT2D eigenvalue weighted by Crippen LogP contribution is 2.19. The molecule has 1 N–H and O–H groups in total. The standard InChI is InChI=1S/C10H11N3O3/c1-3-6-4-8(13(2)12-6)9-11-7(5-16-9)10(14)15/h4-5H,3H2,1-2H3,(H,14,15). The highest BCUT2D eigenvalue weighted by atomic mass is 16.4. The summed E-state index contributed by atoms with van der Waals surface area (Å²) >= 11 is 0. The normalized spacial score (nSPS) is 10.6. The lowest BCUT2D eigenvalue weighted by atomic mass is 10.3. The number of nitrogens with zero attached hydrogens (tertiary/aromatic N) is 3. The zero-order valence-corrected chi connectivity index (χ0v) is 8.97. The predicted octanol–water partition coefficient (Wildman–Crippen LogP) is 1.34. The van der Waals surface area contributed by atoms with Crippen LogP contribution in [-0.2, 0) is 13.5 Å². The first-order chi connectivity index (χ1) is 7.61. The number of rotatable bonds is 3. The Hall–Kier alpha value is -2.11. The summed E-state index contributed by atoms with van der Waals surface area (Å²) in [5.41, 5.74) is 1.48. The number of carbonyl (C=O) groups is 1. The van der Waals surface area contributed by atoms with E-state index in [0.29, 0.717) is 5.69 Å². The summed E-state index contributed by atoms with van der Waals surface area (Å²) in [6.45, 7) is 1.99. The van der Waals surface area contributed by atoms with Crippen LogP contribution in [0.4, 0.5) is 0 Å². The van der Waals surface area contributed by atoms with Crippen LogP contribution in [0, 0.1) is 0 Å². The summed E-state index contributed by atoms with van der Waals surface area (Å²) in [6, 6.07) is 1.83. The van der Waals surface area contributed by atoms with Crippen LogP contribution >= 0.6 is 0 Å². The van der Waals surface area contributed by atoms with Crippen molar-refractivity contribution >= 4 is 5.97 Å². The van der Waals surface area contributed by atoms with Crippen LogP contribution in [0.1, 0.15) is 23.1 Å². The van der Waals surface area contributed by atoms with Crippen LogP contribution in [0.25, 0.3) is 11.6 Å². The summed E-state index contributed by atoms with van der Waals surface area (Å²) in [6.07, 6.45) is 1.93. The van der Waals surface area contributed by atoms with Gasteiger partial charge >= 0.3 is 5.97 Å². The number of hydrogen-bond donors (Lipinski definition) is 1. The number of hydrogen-bond acceptors (Lipinski definition) is 4. The second kappa shape index (κ2) is 3.80. The van der Waals surface area contributed by atoms with Crippen molar-refractivity contribution < 1.29 is 14.3 Å². The SMILES string of the molecule is CCc1cc(-c2nc(C(=O)O)co2)n(C)n1. The summed E-state index contributed by atoms with van der Waals surface area (Å²) in [7, 11) is 1.76. The molecule has 0 aromatic carbocycles. The van der Waals surface area contributed by atoms with Crippen LogP contribution < -0.4 is 0 Å². The topological polar surface area (TPSA) is 81.1 Å². The van der Waals surface area contributed by atoms with E-state index in [1.165, 1.54) is 0 Å². The molecule has 0 unspecified atom stereocenters. The van der Waals surface area contributed by atoms with Crippen molar-refractivity contribution in [1.29, 1.82) is 0 Å². The first kappa shape index (κ1) is 10.4. The fourth-order valence-corrected chi connectivity index (χ4v) is 1.39. The highest BCUT2D eigenvalue weighted by molar-refractivity contribution is 5.85. The zero-order valence-electron chi connectivity index (χ0n) is 8.97. The smallest absolute Gasteiger partial charge is 0.357 e. The van der Waals surface area contributed by atoms with Crippen molar-refractivity contribution in [2.24, 2.45) is 7.05 Å². The second-order valence-corrected chi connectivity index (χ2v) is 3.34. The van der Waals surface area contributed by atoms with Crippen LogP contribution in [0.15, 0.2) is 16.7 Å². The highest BCUT2D eigenvalue weighted by Gasteiger charge is 2.15. The fourth-order valence-electron chi connectivity index (χ4n) is 1.39. The van der Waals surface area contributed by atoms with E-state index in [1.54, 1.807) is 11.7 Å². The molecule has 2 rings (SSSR count). The maximum atomic E-state index is 10.6. The predicted molar refractivity (Wildman–Crippen MR) is 55.0 cm³/mol. The van der Waals surface area contributed by atoms with Crippen molar-refractivity contribution in [3.63, 3.8) is 0 Å². The van der Waals surface area contributed by atoms with E-state index in [9.17, 15) is 4.79 Å². The minimum atomic E-state index is -1.10. The Bertz CT molecular complexity index is 527. The third kappa shape index (κ3) is 1.69. The van der Waals surface area contributed by atoms with Gasteiger partial charge in [-0.1, -0.05) is 6.92 Å². The van der Waals surface area contributed by atoms with E-state index in [-0.39, 0.29) is 11.6 Å². The van der Waals surface area contributed by atoms with Gasteiger partial charge in [-0.2, -0.15) is 5.10 Å². The Morgan fingerprint density at radius 2 is 2.38 bits per heavy atom. The molecule has 0 bridgehead atoms. The van der Waals surface area contributed by atoms with Gasteiger partial charge in [0.25, 0.3) is 0 Å². The van der Waals surface area contributed by atoms with Crippen LogP contribution in [-0.4, -0.2) is 25.8 Å². The van der Waals surface area contributed by atoms with Gasteiger partial charge in [-0.3, -0.25) is 4.68 Å². The molecule has 6 heteroatoms. The molecule has 2 aromatic rings. The van der Waals surface area contributed by atoms with E-state index < -0.39 is 5.97 Å². The molecule has 2 heterocycles. The van der Waals surface area contributed by atoms with Crippen LogP contribution in [0.3, 0.4) is 0 Å². The third-order valence-corrected chi connectivity index (χ3v) is 2.24. The number of oxazole rings is 1. The Balaban J connectivity index is 2.41. The van der Waals surface area contributed by atoms with Gasteiger partial charge in [0.2, 0.25) is 5.89 Å². The van der Waals surface area contributed by atoms with Crippen LogP contribution in [0.2, 0.25) is 0 Å². The van der Waals surface area contributed by atoms with Gasteiger partial charge in [-0.25, -0.2) is 9.78 Å². The van der Waals surface area contributed by atoms with Crippen molar-refractivity contribution in [1.82, 2.24) is 14.8 Å². The molecule has 6 nitrogen and oxygen atoms in total. The van der Waals surface area contributed by atoms with Gasteiger partial charge in [-0.15, -0.1) is 0 Å². The first-order valence-electron chi connectivity index (χ1n) is 4.84. The average Bonchev–Trinajstić information content (AvgIpc) is 2.83. The zero-order chi connectivity index (χ0) is 11.7. The molecule has 0 aliphatic carbocycles. The third-order valence-electron chi connectivity index (χ3n) is 2.24. The summed E-state index contributed by atoms with van der Waals surface area (Å²) in [5.74, 6) is -0.833. The summed E-state index contributed by atoms with van der Waals surface area (Å²) in [4.78, 5) is 14.5. The molecular formula is C10H11N3O3. The van der Waals surface area contributed by atoms with E-state index in [4.69, 9.17) is 9.52 Å². The molecule has 16 heavy (non-hydrogen) atoms. The largest absolute Gasteiger partial charge is 0.476 e. The van der Waals surface area contributed by atoms with Gasteiger partial charge in [0, 0.05) is 7.05 Å². The van der Waals surface area contributed by atoms with Gasteiger partial charge in [0.15, 0.2) is 5.69 Å². The number of aromatic carboxylic acids is 1. The number of carboxylic acids is 1. The molecule has 0 radical (unpaired) electrons. The van der Waals surface area contributed by atoms with E-state index in [2.05, 4.69) is 10.1 Å². The van der Waals surface area contributed by atoms with E-state index in [0.717, 1.165) is 18.4 Å². The second-order valence-electron chi connectivity index (χ2n) is 3.34. The Labute approximate surface area is 91.5 Å². The Morgan fingerprint density at radius 1 is 1.62 bits per heavy atom. The van der Waals surface area contributed by atoms with Crippen molar-refractivity contribution in [3.8, 4) is 11.6 Å². The molecule has 0 aliphatic heterocycles. The summed E-state index contributed by atoms with van der Waals surface area (Å²) in [5, 5.41) is 12.9. The van der Waals surface area contributed by atoms with Crippen LogP contribution in [0.5, 0.6) is 0 Å². The Morgan fingerprint density at radius 3 is 2.88 bits per heavy atom. The minimum absolute atomic E-state index is 0.103. The molecule has 0 aliphatic rings. The lowest BCUT2D eigenvalue weighted by Gasteiger charge is -1.93. The maximum Gasteiger partial charge on any atom is 0.357 e. The van der Waals surface area contributed by atoms with Gasteiger partial charge in [0.05, 0.1) is 5.69 Å². The molecule has 84 valence electrons. The van der Waals surface area contributed by atoms with Crippen molar-refractivity contribution in [2.45, 2.75) is 13.3 Å². The molecule has 0 amide bonds. The number of aryl methyl sites for hydroxylation is 2. The Kier molecular flexibility index (Phi) is 2.47. The lowest BCUT2D eigenvalue weighted by Crippen LogP contribution is -1.97. The first-order valence-corrected chi connectivity index (χ1v) is 4.84. The van der Waals surface area contributed by atoms with E-state index in [1.807, 2.05) is 13.0 Å². The molecule has 0 saturated carbocycles. The summed E-state index contributed by atoms with van der Waals surface area (Å²) < 4.78 is 6.72. The molecule has 0 fully saturated rings. The lowest BCUT2D eigenvalue weighted by molar-refractivity contribution is 0.0690. The van der Waals surface area contributed by atoms with Crippen molar-refractivity contribution in [2.75, 3.05) is 0 Å². The molecule has 2 aromatic heterocycles. The van der Waals surface area contributed by atoms with Crippen molar-refractivity contribution in [3.05, 3.63) is 23.7 Å². The van der Waals surface area contributed by atoms with Gasteiger partial charge in [0.1, 0.15) is 12.0 Å². The monoisotopic (exact) mass is 221 g/mol.